The van der Waals surface area contributed by atoms with E-state index in [1.54, 1.807) is 23.3 Å². The zero-order valence-corrected chi connectivity index (χ0v) is 12.6. The summed E-state index contributed by atoms with van der Waals surface area (Å²) in [5.41, 5.74) is 2.46. The third kappa shape index (κ3) is 3.66. The second kappa shape index (κ2) is 6.98. The molecular weight excluding hydrogens is 268 g/mol. The highest BCUT2D eigenvalue weighted by Crippen LogP contribution is 2.17. The van der Waals surface area contributed by atoms with E-state index in [9.17, 15) is 0 Å². The maximum absolute atomic E-state index is 5.43. The first kappa shape index (κ1) is 15.2. The molecule has 0 spiro atoms. The second-order valence-electron chi connectivity index (χ2n) is 4.91. The van der Waals surface area contributed by atoms with Gasteiger partial charge in [0.1, 0.15) is 6.33 Å². The van der Waals surface area contributed by atoms with Gasteiger partial charge in [0.25, 0.3) is 0 Å². The first-order valence-corrected chi connectivity index (χ1v) is 7.15. The van der Waals surface area contributed by atoms with Crippen LogP contribution in [0.15, 0.2) is 18.7 Å². The van der Waals surface area contributed by atoms with Crippen LogP contribution in [0.4, 0.5) is 11.9 Å². The molecule has 2 aromatic rings. The van der Waals surface area contributed by atoms with E-state index in [1.165, 1.54) is 0 Å². The molecule has 0 aliphatic rings. The Labute approximate surface area is 124 Å². The molecule has 1 unspecified atom stereocenters. The SMILES string of the molecule is CCC(CC)C(C)Nc1nc(NN)nc(-n2ccnc2)n1. The third-order valence-corrected chi connectivity index (χ3v) is 3.60. The summed E-state index contributed by atoms with van der Waals surface area (Å²) in [5.74, 6) is 7.27. The number of aromatic nitrogens is 5. The van der Waals surface area contributed by atoms with Crippen molar-refractivity contribution < 1.29 is 0 Å². The Morgan fingerprint density at radius 2 is 1.90 bits per heavy atom. The number of hydrogen-bond acceptors (Lipinski definition) is 7. The van der Waals surface area contributed by atoms with Gasteiger partial charge in [-0.1, -0.05) is 26.7 Å². The summed E-state index contributed by atoms with van der Waals surface area (Å²) < 4.78 is 1.70. The smallest absolute Gasteiger partial charge is 0.243 e. The van der Waals surface area contributed by atoms with Crippen molar-refractivity contribution in [3.05, 3.63) is 18.7 Å². The molecule has 4 N–H and O–H groups in total. The molecule has 0 fully saturated rings. The largest absolute Gasteiger partial charge is 0.351 e. The molecule has 0 amide bonds. The summed E-state index contributed by atoms with van der Waals surface area (Å²) in [7, 11) is 0. The molecule has 2 rings (SSSR count). The molecule has 8 heteroatoms. The lowest BCUT2D eigenvalue weighted by Crippen LogP contribution is -2.27. The summed E-state index contributed by atoms with van der Waals surface area (Å²) in [6.07, 6.45) is 7.27. The number of hydrazine groups is 1. The quantitative estimate of drug-likeness (QED) is 0.525. The summed E-state index contributed by atoms with van der Waals surface area (Å²) in [5, 5.41) is 3.33. The number of nitrogens with two attached hydrogens (primary N) is 1. The van der Waals surface area contributed by atoms with E-state index >= 15 is 0 Å². The van der Waals surface area contributed by atoms with Crippen LogP contribution in [0.25, 0.3) is 5.95 Å². The highest BCUT2D eigenvalue weighted by molar-refractivity contribution is 5.37. The molecule has 2 heterocycles. The Bertz CT molecular complexity index is 549. The summed E-state index contributed by atoms with van der Waals surface area (Å²) in [6, 6.07) is 0.267. The molecule has 2 aromatic heterocycles. The van der Waals surface area contributed by atoms with Crippen molar-refractivity contribution >= 4 is 11.9 Å². The lowest BCUT2D eigenvalue weighted by atomic mass is 9.96. The van der Waals surface area contributed by atoms with Gasteiger partial charge in [0.15, 0.2) is 0 Å². The molecule has 114 valence electrons. The minimum atomic E-state index is 0.267. The van der Waals surface area contributed by atoms with Gasteiger partial charge in [0.2, 0.25) is 17.8 Å². The molecule has 0 aromatic carbocycles. The number of nitrogens with one attached hydrogen (secondary N) is 2. The van der Waals surface area contributed by atoms with Gasteiger partial charge in [-0.15, -0.1) is 0 Å². The van der Waals surface area contributed by atoms with E-state index in [4.69, 9.17) is 5.84 Å². The van der Waals surface area contributed by atoms with Gasteiger partial charge in [-0.25, -0.2) is 10.8 Å². The molecule has 8 nitrogen and oxygen atoms in total. The summed E-state index contributed by atoms with van der Waals surface area (Å²) >= 11 is 0. The zero-order chi connectivity index (χ0) is 15.2. The molecule has 0 saturated heterocycles. The van der Waals surface area contributed by atoms with Gasteiger partial charge in [-0.05, 0) is 12.8 Å². The van der Waals surface area contributed by atoms with Crippen molar-refractivity contribution in [3.63, 3.8) is 0 Å². The molecule has 21 heavy (non-hydrogen) atoms. The predicted molar refractivity (Wildman–Crippen MR) is 81.9 cm³/mol. The normalized spacial score (nSPS) is 12.4. The maximum atomic E-state index is 5.43. The Hall–Kier alpha value is -2.22. The maximum Gasteiger partial charge on any atom is 0.243 e. The van der Waals surface area contributed by atoms with E-state index in [1.807, 2.05) is 0 Å². The average Bonchev–Trinajstić information content (AvgIpc) is 3.02. The first-order chi connectivity index (χ1) is 10.2. The van der Waals surface area contributed by atoms with Crippen LogP contribution in [0.3, 0.4) is 0 Å². The minimum Gasteiger partial charge on any atom is -0.351 e. The van der Waals surface area contributed by atoms with Crippen LogP contribution in [-0.2, 0) is 0 Å². The second-order valence-corrected chi connectivity index (χ2v) is 4.91. The molecule has 0 aliphatic heterocycles. The van der Waals surface area contributed by atoms with Crippen molar-refractivity contribution in [2.75, 3.05) is 10.7 Å². The van der Waals surface area contributed by atoms with Crippen molar-refractivity contribution in [1.82, 2.24) is 24.5 Å². The van der Waals surface area contributed by atoms with E-state index in [0.29, 0.717) is 23.8 Å². The van der Waals surface area contributed by atoms with Crippen LogP contribution in [0.2, 0.25) is 0 Å². The van der Waals surface area contributed by atoms with Crippen LogP contribution in [0, 0.1) is 5.92 Å². The van der Waals surface area contributed by atoms with Crippen molar-refractivity contribution in [2.24, 2.45) is 11.8 Å². The molecule has 0 saturated carbocycles. The lowest BCUT2D eigenvalue weighted by molar-refractivity contribution is 0.436. The number of hydrogen-bond donors (Lipinski definition) is 3. The summed E-state index contributed by atoms with van der Waals surface area (Å²) in [6.45, 7) is 6.50. The van der Waals surface area contributed by atoms with E-state index in [-0.39, 0.29) is 6.04 Å². The third-order valence-electron chi connectivity index (χ3n) is 3.60. The highest BCUT2D eigenvalue weighted by Gasteiger charge is 2.15. The van der Waals surface area contributed by atoms with Crippen molar-refractivity contribution in [3.8, 4) is 5.95 Å². The number of imidazole rings is 1. The van der Waals surface area contributed by atoms with Crippen LogP contribution in [0.5, 0.6) is 0 Å². The monoisotopic (exact) mass is 290 g/mol. The molecule has 0 aliphatic carbocycles. The van der Waals surface area contributed by atoms with Crippen LogP contribution >= 0.6 is 0 Å². The van der Waals surface area contributed by atoms with Crippen LogP contribution in [0.1, 0.15) is 33.6 Å². The Kier molecular flexibility index (Phi) is 5.04. The fourth-order valence-corrected chi connectivity index (χ4v) is 2.30. The zero-order valence-electron chi connectivity index (χ0n) is 12.6. The Balaban J connectivity index is 2.25. The lowest BCUT2D eigenvalue weighted by Gasteiger charge is -2.22. The Morgan fingerprint density at radius 3 is 2.48 bits per heavy atom. The molecule has 0 bridgehead atoms. The molecule has 0 radical (unpaired) electrons. The Morgan fingerprint density at radius 1 is 1.19 bits per heavy atom. The fourth-order valence-electron chi connectivity index (χ4n) is 2.30. The fraction of sp³-hybridized carbons (Fsp3) is 0.538. The number of nitrogens with zero attached hydrogens (tertiary/aromatic N) is 5. The minimum absolute atomic E-state index is 0.267. The molecular formula is C13H22N8. The van der Waals surface area contributed by atoms with Gasteiger partial charge < -0.3 is 5.32 Å². The van der Waals surface area contributed by atoms with Crippen molar-refractivity contribution in [1.29, 1.82) is 0 Å². The number of rotatable bonds is 7. The van der Waals surface area contributed by atoms with Gasteiger partial charge in [0, 0.05) is 18.4 Å². The predicted octanol–water partition coefficient (Wildman–Crippen LogP) is 1.58. The standard InChI is InChI=1S/C13H22N8/c1-4-10(5-2)9(3)16-11-17-12(20-14)19-13(18-11)21-7-6-15-8-21/h6-10H,4-5,14H2,1-3H3,(H2,16,17,18,19,20). The summed E-state index contributed by atoms with van der Waals surface area (Å²) in [4.78, 5) is 16.9. The van der Waals surface area contributed by atoms with E-state index in [2.05, 4.69) is 51.4 Å². The van der Waals surface area contributed by atoms with E-state index in [0.717, 1.165) is 12.8 Å². The van der Waals surface area contributed by atoms with E-state index < -0.39 is 0 Å². The topological polar surface area (TPSA) is 107 Å². The first-order valence-electron chi connectivity index (χ1n) is 7.15. The van der Waals surface area contributed by atoms with Gasteiger partial charge in [-0.3, -0.25) is 9.99 Å². The van der Waals surface area contributed by atoms with Crippen molar-refractivity contribution in [2.45, 2.75) is 39.7 Å². The van der Waals surface area contributed by atoms with Gasteiger partial charge in [-0.2, -0.15) is 15.0 Å². The van der Waals surface area contributed by atoms with Gasteiger partial charge in [0.05, 0.1) is 0 Å². The highest BCUT2D eigenvalue weighted by atomic mass is 15.4. The van der Waals surface area contributed by atoms with Crippen LogP contribution < -0.4 is 16.6 Å². The number of nitrogen functional groups attached to an aromatic ring is 1. The van der Waals surface area contributed by atoms with Gasteiger partial charge >= 0.3 is 0 Å². The average molecular weight is 290 g/mol. The molecule has 1 atom stereocenters. The van der Waals surface area contributed by atoms with Crippen LogP contribution in [-0.4, -0.2) is 30.5 Å². The number of anilines is 2.